The standard InChI is InChI=1S/C14H21N5/c1-10-6-7-19-13(8-10)16-14(17-19)15-9-11(2)18(3)12-4-5-12/h6-8,11-12H,4-5,9H2,1-3H3,(H,15,17). The number of aromatic nitrogens is 3. The molecule has 1 saturated carbocycles. The molecule has 0 spiro atoms. The van der Waals surface area contributed by atoms with Crippen molar-refractivity contribution < 1.29 is 0 Å². The Morgan fingerprint density at radius 1 is 1.53 bits per heavy atom. The Labute approximate surface area is 113 Å². The molecule has 1 aliphatic carbocycles. The normalized spacial score (nSPS) is 17.1. The predicted molar refractivity (Wildman–Crippen MR) is 76.5 cm³/mol. The minimum absolute atomic E-state index is 0.501. The Bertz CT molecular complexity index is 572. The van der Waals surface area contributed by atoms with Crippen LogP contribution < -0.4 is 5.32 Å². The molecule has 0 aliphatic heterocycles. The summed E-state index contributed by atoms with van der Waals surface area (Å²) in [5.74, 6) is 0.710. The lowest BCUT2D eigenvalue weighted by Crippen LogP contribution is -2.36. The van der Waals surface area contributed by atoms with Crippen LogP contribution in [0.3, 0.4) is 0 Å². The molecule has 1 atom stereocenters. The lowest BCUT2D eigenvalue weighted by molar-refractivity contribution is 0.257. The van der Waals surface area contributed by atoms with E-state index in [0.717, 1.165) is 18.2 Å². The molecule has 2 heterocycles. The maximum Gasteiger partial charge on any atom is 0.243 e. The molecule has 0 radical (unpaired) electrons. The molecule has 5 nitrogen and oxygen atoms in total. The molecule has 5 heteroatoms. The quantitative estimate of drug-likeness (QED) is 0.891. The summed E-state index contributed by atoms with van der Waals surface area (Å²) in [6.07, 6.45) is 4.63. The first-order valence-corrected chi connectivity index (χ1v) is 6.92. The topological polar surface area (TPSA) is 45.5 Å². The minimum atomic E-state index is 0.501. The van der Waals surface area contributed by atoms with Gasteiger partial charge in [-0.2, -0.15) is 4.98 Å². The second kappa shape index (κ2) is 4.81. The number of rotatable bonds is 5. The summed E-state index contributed by atoms with van der Waals surface area (Å²) in [6, 6.07) is 5.36. The largest absolute Gasteiger partial charge is 0.351 e. The van der Waals surface area contributed by atoms with Crippen molar-refractivity contribution in [2.75, 3.05) is 18.9 Å². The number of nitrogens with one attached hydrogen (secondary N) is 1. The van der Waals surface area contributed by atoms with Gasteiger partial charge in [0.2, 0.25) is 5.95 Å². The highest BCUT2D eigenvalue weighted by Gasteiger charge is 2.28. The zero-order chi connectivity index (χ0) is 13.4. The third-order valence-electron chi connectivity index (χ3n) is 3.87. The van der Waals surface area contributed by atoms with E-state index in [9.17, 15) is 0 Å². The Morgan fingerprint density at radius 2 is 2.32 bits per heavy atom. The van der Waals surface area contributed by atoms with Gasteiger partial charge in [-0.15, -0.1) is 5.10 Å². The van der Waals surface area contributed by atoms with Crippen molar-refractivity contribution >= 4 is 11.6 Å². The first-order chi connectivity index (χ1) is 9.13. The highest BCUT2D eigenvalue weighted by molar-refractivity contribution is 5.45. The second-order valence-electron chi connectivity index (χ2n) is 5.57. The van der Waals surface area contributed by atoms with Crippen molar-refractivity contribution in [3.05, 3.63) is 23.9 Å². The van der Waals surface area contributed by atoms with Gasteiger partial charge < -0.3 is 5.32 Å². The van der Waals surface area contributed by atoms with Gasteiger partial charge in [0, 0.05) is 24.8 Å². The fraction of sp³-hybridized carbons (Fsp3) is 0.571. The molecule has 0 aromatic carbocycles. The SMILES string of the molecule is Cc1ccn2nc(NCC(C)N(C)C3CC3)nc2c1. The molecule has 1 unspecified atom stereocenters. The molecule has 0 amide bonds. The molecule has 1 N–H and O–H groups in total. The number of hydrogen-bond acceptors (Lipinski definition) is 4. The van der Waals surface area contributed by atoms with Crippen LogP contribution in [-0.2, 0) is 0 Å². The van der Waals surface area contributed by atoms with Crippen LogP contribution in [0.5, 0.6) is 0 Å². The average Bonchev–Trinajstić information content (AvgIpc) is 3.16. The number of nitrogens with zero attached hydrogens (tertiary/aromatic N) is 4. The first-order valence-electron chi connectivity index (χ1n) is 6.92. The van der Waals surface area contributed by atoms with Crippen LogP contribution in [0.15, 0.2) is 18.3 Å². The van der Waals surface area contributed by atoms with Gasteiger partial charge >= 0.3 is 0 Å². The third kappa shape index (κ3) is 2.71. The lowest BCUT2D eigenvalue weighted by atomic mass is 10.3. The highest BCUT2D eigenvalue weighted by Crippen LogP contribution is 2.26. The van der Waals surface area contributed by atoms with E-state index in [4.69, 9.17) is 0 Å². The molecule has 102 valence electrons. The van der Waals surface area contributed by atoms with E-state index >= 15 is 0 Å². The van der Waals surface area contributed by atoms with Crippen LogP contribution in [0.1, 0.15) is 25.3 Å². The first kappa shape index (κ1) is 12.4. The fourth-order valence-corrected chi connectivity index (χ4v) is 2.28. The summed E-state index contributed by atoms with van der Waals surface area (Å²) < 4.78 is 1.81. The maximum atomic E-state index is 4.49. The van der Waals surface area contributed by atoms with Crippen molar-refractivity contribution in [1.82, 2.24) is 19.5 Å². The van der Waals surface area contributed by atoms with Crippen molar-refractivity contribution in [2.45, 2.75) is 38.8 Å². The van der Waals surface area contributed by atoms with Crippen molar-refractivity contribution in [2.24, 2.45) is 0 Å². The van der Waals surface area contributed by atoms with Crippen LogP contribution in [0.25, 0.3) is 5.65 Å². The Balaban J connectivity index is 1.64. The molecule has 2 aromatic heterocycles. The van der Waals surface area contributed by atoms with Crippen molar-refractivity contribution in [3.8, 4) is 0 Å². The van der Waals surface area contributed by atoms with Crippen LogP contribution >= 0.6 is 0 Å². The maximum absolute atomic E-state index is 4.49. The third-order valence-corrected chi connectivity index (χ3v) is 3.87. The van der Waals surface area contributed by atoms with E-state index in [0.29, 0.717) is 12.0 Å². The molecule has 1 fully saturated rings. The number of aryl methyl sites for hydroxylation is 1. The van der Waals surface area contributed by atoms with Crippen LogP contribution in [-0.4, -0.2) is 45.2 Å². The zero-order valence-electron chi connectivity index (χ0n) is 11.8. The number of anilines is 1. The number of likely N-dealkylation sites (N-methyl/N-ethyl adjacent to an activating group) is 1. The monoisotopic (exact) mass is 259 g/mol. The highest BCUT2D eigenvalue weighted by atomic mass is 15.3. The van der Waals surface area contributed by atoms with Crippen LogP contribution in [0.4, 0.5) is 5.95 Å². The summed E-state index contributed by atoms with van der Waals surface area (Å²) in [7, 11) is 2.20. The number of hydrogen-bond donors (Lipinski definition) is 1. The summed E-state index contributed by atoms with van der Waals surface area (Å²) in [5.41, 5.74) is 2.10. The van der Waals surface area contributed by atoms with Crippen LogP contribution in [0.2, 0.25) is 0 Å². The van der Waals surface area contributed by atoms with Gasteiger partial charge in [0.15, 0.2) is 5.65 Å². The Morgan fingerprint density at radius 3 is 3.05 bits per heavy atom. The molecule has 2 aromatic rings. The number of fused-ring (bicyclic) bond motifs is 1. The van der Waals surface area contributed by atoms with Crippen molar-refractivity contribution in [1.29, 1.82) is 0 Å². The Kier molecular flexibility index (Phi) is 3.14. The van der Waals surface area contributed by atoms with Gasteiger partial charge in [0.25, 0.3) is 0 Å². The Hall–Kier alpha value is -1.62. The molecule has 1 aliphatic rings. The fourth-order valence-electron chi connectivity index (χ4n) is 2.28. The summed E-state index contributed by atoms with van der Waals surface area (Å²) >= 11 is 0. The van der Waals surface area contributed by atoms with Crippen LogP contribution in [0, 0.1) is 6.92 Å². The smallest absolute Gasteiger partial charge is 0.243 e. The molecule has 19 heavy (non-hydrogen) atoms. The molecule has 3 rings (SSSR count). The van der Waals surface area contributed by atoms with E-state index < -0.39 is 0 Å². The van der Waals surface area contributed by atoms with Gasteiger partial charge in [-0.1, -0.05) is 0 Å². The van der Waals surface area contributed by atoms with E-state index in [1.54, 1.807) is 0 Å². The van der Waals surface area contributed by atoms with Gasteiger partial charge in [0.05, 0.1) is 0 Å². The molecular formula is C14H21N5. The molecule has 0 saturated heterocycles. The second-order valence-corrected chi connectivity index (χ2v) is 5.57. The van der Waals surface area contributed by atoms with Gasteiger partial charge in [-0.3, -0.25) is 4.90 Å². The summed E-state index contributed by atoms with van der Waals surface area (Å²) in [5, 5.41) is 7.75. The van der Waals surface area contributed by atoms with Gasteiger partial charge in [-0.05, 0) is 51.4 Å². The predicted octanol–water partition coefficient (Wildman–Crippen LogP) is 1.93. The van der Waals surface area contributed by atoms with Crippen molar-refractivity contribution in [3.63, 3.8) is 0 Å². The van der Waals surface area contributed by atoms with E-state index in [1.165, 1.54) is 18.4 Å². The average molecular weight is 259 g/mol. The van der Waals surface area contributed by atoms with Gasteiger partial charge in [0.1, 0.15) is 0 Å². The minimum Gasteiger partial charge on any atom is -0.351 e. The molecule has 0 bridgehead atoms. The molecular weight excluding hydrogens is 238 g/mol. The van der Waals surface area contributed by atoms with Gasteiger partial charge in [-0.25, -0.2) is 4.52 Å². The number of pyridine rings is 1. The zero-order valence-corrected chi connectivity index (χ0v) is 11.8. The van der Waals surface area contributed by atoms with E-state index in [2.05, 4.69) is 41.2 Å². The lowest BCUT2D eigenvalue weighted by Gasteiger charge is -2.24. The van der Waals surface area contributed by atoms with E-state index in [-0.39, 0.29) is 0 Å². The summed E-state index contributed by atoms with van der Waals surface area (Å²) in [4.78, 5) is 6.92. The van der Waals surface area contributed by atoms with E-state index in [1.807, 2.05) is 22.8 Å². The summed E-state index contributed by atoms with van der Waals surface area (Å²) in [6.45, 7) is 5.18.